The highest BCUT2D eigenvalue weighted by molar-refractivity contribution is 7.71. The van der Waals surface area contributed by atoms with Gasteiger partial charge in [0.2, 0.25) is 6.39 Å². The van der Waals surface area contributed by atoms with Crippen molar-refractivity contribution >= 4 is 29.0 Å². The number of hydrogen-bond acceptors (Lipinski definition) is 6. The topological polar surface area (TPSA) is 106 Å². The summed E-state index contributed by atoms with van der Waals surface area (Å²) < 4.78 is 6.27. The molecular weight excluding hydrogens is 330 g/mol. The van der Waals surface area contributed by atoms with Crippen LogP contribution in [0.3, 0.4) is 0 Å². The molecule has 0 atom stereocenters. The number of aromatic nitrogens is 4. The second-order valence-corrected chi connectivity index (χ2v) is 5.31. The number of carbonyl (C=O) groups is 1. The standard InChI is InChI=1S/C15H13N5O3S/c1-2-5-20-14(22)10-4-3-9(6-11(10)18-15(20)24)13(21)16-7-12-17-8-23-19-12/h2-4,6,8H,1,5,7H2,(H,16,21)(H,18,24). The monoisotopic (exact) mass is 343 g/mol. The van der Waals surface area contributed by atoms with Crippen LogP contribution in [0.25, 0.3) is 10.9 Å². The summed E-state index contributed by atoms with van der Waals surface area (Å²) >= 11 is 5.18. The Morgan fingerprint density at radius 2 is 2.33 bits per heavy atom. The first-order valence-corrected chi connectivity index (χ1v) is 7.42. The van der Waals surface area contributed by atoms with E-state index >= 15 is 0 Å². The molecule has 2 heterocycles. The van der Waals surface area contributed by atoms with E-state index in [0.717, 1.165) is 0 Å². The highest BCUT2D eigenvalue weighted by atomic mass is 32.1. The fourth-order valence-corrected chi connectivity index (χ4v) is 2.49. The lowest BCUT2D eigenvalue weighted by Gasteiger charge is -2.07. The van der Waals surface area contributed by atoms with Gasteiger partial charge in [-0.1, -0.05) is 11.2 Å². The van der Waals surface area contributed by atoms with Crippen LogP contribution in [0.4, 0.5) is 0 Å². The van der Waals surface area contributed by atoms with Gasteiger partial charge in [-0.2, -0.15) is 4.98 Å². The lowest BCUT2D eigenvalue weighted by molar-refractivity contribution is 0.0949. The maximum atomic E-state index is 12.4. The van der Waals surface area contributed by atoms with Gasteiger partial charge in [-0.25, -0.2) is 0 Å². The van der Waals surface area contributed by atoms with Crippen LogP contribution in [0.2, 0.25) is 0 Å². The smallest absolute Gasteiger partial charge is 0.262 e. The molecule has 0 fully saturated rings. The van der Waals surface area contributed by atoms with Gasteiger partial charge in [-0.3, -0.25) is 14.2 Å². The van der Waals surface area contributed by atoms with Crippen molar-refractivity contribution in [1.82, 2.24) is 25.0 Å². The highest BCUT2D eigenvalue weighted by Crippen LogP contribution is 2.11. The first-order valence-electron chi connectivity index (χ1n) is 7.01. The molecule has 0 saturated carbocycles. The van der Waals surface area contributed by atoms with Gasteiger partial charge in [0.05, 0.1) is 17.4 Å². The van der Waals surface area contributed by atoms with Gasteiger partial charge < -0.3 is 14.8 Å². The Hall–Kier alpha value is -3.07. The minimum Gasteiger partial charge on any atom is -0.345 e. The second kappa shape index (κ2) is 6.59. The normalized spacial score (nSPS) is 10.7. The molecule has 24 heavy (non-hydrogen) atoms. The van der Waals surface area contributed by atoms with Crippen molar-refractivity contribution in [3.8, 4) is 0 Å². The summed E-state index contributed by atoms with van der Waals surface area (Å²) in [4.78, 5) is 31.4. The molecule has 0 saturated heterocycles. The summed E-state index contributed by atoms with van der Waals surface area (Å²) in [5.41, 5.74) is 0.655. The summed E-state index contributed by atoms with van der Waals surface area (Å²) in [6.07, 6.45) is 2.78. The average molecular weight is 343 g/mol. The van der Waals surface area contributed by atoms with Crippen LogP contribution in [0.1, 0.15) is 16.2 Å². The van der Waals surface area contributed by atoms with Crippen LogP contribution in [-0.2, 0) is 13.1 Å². The number of benzene rings is 1. The third-order valence-electron chi connectivity index (χ3n) is 3.37. The van der Waals surface area contributed by atoms with Crippen LogP contribution < -0.4 is 10.9 Å². The largest absolute Gasteiger partial charge is 0.345 e. The van der Waals surface area contributed by atoms with Crippen molar-refractivity contribution in [2.45, 2.75) is 13.1 Å². The van der Waals surface area contributed by atoms with Crippen molar-refractivity contribution in [3.63, 3.8) is 0 Å². The average Bonchev–Trinajstić information content (AvgIpc) is 3.09. The summed E-state index contributed by atoms with van der Waals surface area (Å²) in [6.45, 7) is 4.07. The molecule has 0 unspecified atom stereocenters. The van der Waals surface area contributed by atoms with E-state index in [-0.39, 0.29) is 22.8 Å². The Labute approximate surface area is 140 Å². The molecule has 9 heteroatoms. The number of nitrogens with zero attached hydrogens (tertiary/aromatic N) is 3. The molecule has 2 N–H and O–H groups in total. The predicted octanol–water partition coefficient (Wildman–Crippen LogP) is 1.56. The number of allylic oxidation sites excluding steroid dienone is 1. The van der Waals surface area contributed by atoms with Crippen LogP contribution in [0.5, 0.6) is 0 Å². The Balaban J connectivity index is 1.92. The fourth-order valence-electron chi connectivity index (χ4n) is 2.22. The van der Waals surface area contributed by atoms with Crippen molar-refractivity contribution in [3.05, 3.63) is 63.8 Å². The van der Waals surface area contributed by atoms with Crippen molar-refractivity contribution < 1.29 is 9.32 Å². The van der Waals surface area contributed by atoms with Crippen molar-refractivity contribution in [2.75, 3.05) is 0 Å². The van der Waals surface area contributed by atoms with E-state index in [1.807, 2.05) is 0 Å². The number of rotatable bonds is 5. The number of H-pyrrole nitrogens is 1. The number of nitrogens with one attached hydrogen (secondary N) is 2. The van der Waals surface area contributed by atoms with E-state index in [1.165, 1.54) is 11.0 Å². The number of amides is 1. The Kier molecular flexibility index (Phi) is 4.34. The summed E-state index contributed by atoms with van der Waals surface area (Å²) in [5, 5.41) is 6.72. The minimum absolute atomic E-state index is 0.143. The van der Waals surface area contributed by atoms with Gasteiger partial charge >= 0.3 is 0 Å². The number of hydrogen-bond donors (Lipinski definition) is 2. The quantitative estimate of drug-likeness (QED) is 0.538. The second-order valence-electron chi connectivity index (χ2n) is 4.93. The van der Waals surface area contributed by atoms with E-state index in [2.05, 4.69) is 31.5 Å². The van der Waals surface area contributed by atoms with E-state index in [0.29, 0.717) is 28.8 Å². The molecule has 0 aliphatic rings. The summed E-state index contributed by atoms with van der Waals surface area (Å²) in [5.74, 6) is 0.0483. The maximum absolute atomic E-state index is 12.4. The lowest BCUT2D eigenvalue weighted by atomic mass is 10.1. The van der Waals surface area contributed by atoms with Crippen molar-refractivity contribution in [2.24, 2.45) is 0 Å². The third-order valence-corrected chi connectivity index (χ3v) is 3.69. The Bertz CT molecular complexity index is 1020. The Morgan fingerprint density at radius 1 is 1.50 bits per heavy atom. The van der Waals surface area contributed by atoms with Crippen LogP contribution in [0, 0.1) is 4.77 Å². The molecule has 3 aromatic rings. The predicted molar refractivity (Wildman–Crippen MR) is 89.1 cm³/mol. The van der Waals surface area contributed by atoms with Crippen LogP contribution in [0.15, 0.2) is 46.6 Å². The van der Waals surface area contributed by atoms with Crippen LogP contribution in [-0.4, -0.2) is 25.6 Å². The first-order chi connectivity index (χ1) is 11.6. The number of aromatic amines is 1. The summed E-state index contributed by atoms with van der Waals surface area (Å²) in [7, 11) is 0. The maximum Gasteiger partial charge on any atom is 0.262 e. The van der Waals surface area contributed by atoms with E-state index in [9.17, 15) is 9.59 Å². The summed E-state index contributed by atoms with van der Waals surface area (Å²) in [6, 6.07) is 4.74. The zero-order chi connectivity index (χ0) is 17.1. The molecule has 122 valence electrons. The fraction of sp³-hybridized carbons (Fsp3) is 0.133. The van der Waals surface area contributed by atoms with Gasteiger partial charge in [0.25, 0.3) is 11.5 Å². The SMILES string of the molecule is C=CCn1c(=S)[nH]c2cc(C(=O)NCc3ncon3)ccc2c1=O. The van der Waals surface area contributed by atoms with Gasteiger partial charge in [0.1, 0.15) is 0 Å². The van der Waals surface area contributed by atoms with E-state index in [1.54, 1.807) is 24.3 Å². The third kappa shape index (κ3) is 3.01. The molecule has 8 nitrogen and oxygen atoms in total. The molecule has 0 aliphatic heterocycles. The highest BCUT2D eigenvalue weighted by Gasteiger charge is 2.10. The van der Waals surface area contributed by atoms with Crippen molar-refractivity contribution in [1.29, 1.82) is 0 Å². The lowest BCUT2D eigenvalue weighted by Crippen LogP contribution is -2.24. The molecule has 0 bridgehead atoms. The van der Waals surface area contributed by atoms with Gasteiger partial charge in [-0.15, -0.1) is 6.58 Å². The van der Waals surface area contributed by atoms with Crippen LogP contribution >= 0.6 is 12.2 Å². The van der Waals surface area contributed by atoms with Gasteiger partial charge in [0.15, 0.2) is 10.6 Å². The van der Waals surface area contributed by atoms with E-state index in [4.69, 9.17) is 12.2 Å². The molecule has 3 rings (SSSR count). The molecule has 2 aromatic heterocycles. The van der Waals surface area contributed by atoms with Gasteiger partial charge in [-0.05, 0) is 30.4 Å². The zero-order valence-electron chi connectivity index (χ0n) is 12.5. The number of fused-ring (bicyclic) bond motifs is 1. The molecular formula is C15H13N5O3S. The minimum atomic E-state index is -0.323. The zero-order valence-corrected chi connectivity index (χ0v) is 13.3. The number of carbonyl (C=O) groups excluding carboxylic acids is 1. The molecule has 0 aliphatic carbocycles. The molecule has 0 radical (unpaired) electrons. The first kappa shape index (κ1) is 15.8. The molecule has 1 amide bonds. The van der Waals surface area contributed by atoms with Gasteiger partial charge in [0, 0.05) is 12.1 Å². The molecule has 1 aromatic carbocycles. The Morgan fingerprint density at radius 3 is 3.04 bits per heavy atom. The molecule has 0 spiro atoms. The van der Waals surface area contributed by atoms with E-state index < -0.39 is 0 Å².